The summed E-state index contributed by atoms with van der Waals surface area (Å²) in [4.78, 5) is 25.9. The minimum atomic E-state index is -0.602. The number of aromatic nitrogens is 2. The Balaban J connectivity index is 2.00. The maximum Gasteiger partial charge on any atom is 0.359 e. The van der Waals surface area contributed by atoms with E-state index in [1.54, 1.807) is 11.8 Å². The van der Waals surface area contributed by atoms with Crippen molar-refractivity contribution in [1.82, 2.24) is 14.7 Å². The number of rotatable bonds is 6. The molecule has 0 unspecified atom stereocenters. The summed E-state index contributed by atoms with van der Waals surface area (Å²) in [5.41, 5.74) is 6.97. The van der Waals surface area contributed by atoms with Gasteiger partial charge in [0.1, 0.15) is 0 Å². The molecule has 1 aliphatic rings. The molecule has 1 aromatic heterocycles. The largest absolute Gasteiger partial charge is 0.451 e. The van der Waals surface area contributed by atoms with Gasteiger partial charge in [-0.15, -0.1) is 0 Å². The maximum atomic E-state index is 12.1. The van der Waals surface area contributed by atoms with E-state index in [0.717, 1.165) is 12.8 Å². The van der Waals surface area contributed by atoms with Gasteiger partial charge in [0.15, 0.2) is 12.3 Å². The summed E-state index contributed by atoms with van der Waals surface area (Å²) in [6, 6.07) is 0.315. The molecule has 2 N–H and O–H groups in total. The lowest BCUT2D eigenvalue weighted by Gasteiger charge is -2.20. The number of likely N-dealkylation sites (N-methyl/N-ethyl adjacent to an activating group) is 1. The fraction of sp³-hybridized carbons (Fsp3) is 0.643. The highest BCUT2D eigenvalue weighted by molar-refractivity contribution is 5.95. The highest BCUT2D eigenvalue weighted by Crippen LogP contribution is 2.26. The fourth-order valence-corrected chi connectivity index (χ4v) is 2.34. The number of carbonyl (C=O) groups is 2. The molecule has 21 heavy (non-hydrogen) atoms. The number of esters is 1. The molecular formula is C14H22N4O3. The van der Waals surface area contributed by atoms with E-state index in [1.807, 2.05) is 13.8 Å². The molecule has 1 heterocycles. The Hall–Kier alpha value is -2.05. The van der Waals surface area contributed by atoms with Crippen molar-refractivity contribution in [3.63, 3.8) is 0 Å². The molecule has 0 atom stereocenters. The van der Waals surface area contributed by atoms with Gasteiger partial charge >= 0.3 is 5.97 Å². The molecule has 7 heteroatoms. The van der Waals surface area contributed by atoms with E-state index >= 15 is 0 Å². The number of anilines is 1. The van der Waals surface area contributed by atoms with Crippen LogP contribution in [0.4, 0.5) is 5.69 Å². The van der Waals surface area contributed by atoms with Crippen LogP contribution in [-0.2, 0) is 16.1 Å². The Morgan fingerprint density at radius 3 is 2.62 bits per heavy atom. The van der Waals surface area contributed by atoms with Crippen LogP contribution in [0.5, 0.6) is 0 Å². The average Bonchev–Trinajstić information content (AvgIpc) is 3.24. The van der Waals surface area contributed by atoms with Gasteiger partial charge in [-0.3, -0.25) is 9.48 Å². The third-order valence-corrected chi connectivity index (χ3v) is 3.64. The van der Waals surface area contributed by atoms with Crippen molar-refractivity contribution in [2.75, 3.05) is 18.9 Å². The molecule has 1 amide bonds. The van der Waals surface area contributed by atoms with E-state index in [2.05, 4.69) is 5.10 Å². The summed E-state index contributed by atoms with van der Waals surface area (Å²) < 4.78 is 6.61. The number of nitrogen functional groups attached to an aromatic ring is 1. The summed E-state index contributed by atoms with van der Waals surface area (Å²) in [6.07, 6.45) is 2.06. The van der Waals surface area contributed by atoms with Crippen LogP contribution in [0.15, 0.2) is 0 Å². The van der Waals surface area contributed by atoms with E-state index in [9.17, 15) is 9.59 Å². The molecule has 0 spiro atoms. The van der Waals surface area contributed by atoms with Crippen molar-refractivity contribution in [2.24, 2.45) is 0 Å². The third-order valence-electron chi connectivity index (χ3n) is 3.64. The monoisotopic (exact) mass is 294 g/mol. The number of ether oxygens (including phenoxy) is 1. The molecule has 1 aliphatic carbocycles. The van der Waals surface area contributed by atoms with Gasteiger partial charge in [-0.2, -0.15) is 5.10 Å². The minimum absolute atomic E-state index is 0.161. The summed E-state index contributed by atoms with van der Waals surface area (Å²) in [5.74, 6) is -0.763. The van der Waals surface area contributed by atoms with Crippen molar-refractivity contribution in [3.8, 4) is 0 Å². The highest BCUT2D eigenvalue weighted by atomic mass is 16.5. The standard InChI is InChI=1S/C14H22N4O3/c1-4-17(10-6-7-10)11(19)8-21-14(20)13-12(15)9(3)16-18(13)5-2/h10H,4-8,15H2,1-3H3. The Morgan fingerprint density at radius 2 is 2.10 bits per heavy atom. The summed E-state index contributed by atoms with van der Waals surface area (Å²) in [7, 11) is 0. The lowest BCUT2D eigenvalue weighted by Crippen LogP contribution is -2.36. The molecule has 0 aromatic carbocycles. The smallest absolute Gasteiger partial charge is 0.359 e. The van der Waals surface area contributed by atoms with Crippen molar-refractivity contribution >= 4 is 17.6 Å². The van der Waals surface area contributed by atoms with Crippen molar-refractivity contribution in [1.29, 1.82) is 0 Å². The maximum absolute atomic E-state index is 12.1. The van der Waals surface area contributed by atoms with Gasteiger partial charge in [0, 0.05) is 19.1 Å². The molecule has 0 saturated heterocycles. The third kappa shape index (κ3) is 3.17. The van der Waals surface area contributed by atoms with Crippen molar-refractivity contribution in [2.45, 2.75) is 46.2 Å². The van der Waals surface area contributed by atoms with Crippen LogP contribution in [0.25, 0.3) is 0 Å². The van der Waals surface area contributed by atoms with Crippen LogP contribution in [0, 0.1) is 6.92 Å². The number of hydrogen-bond donors (Lipinski definition) is 1. The minimum Gasteiger partial charge on any atom is -0.451 e. The van der Waals surface area contributed by atoms with E-state index in [0.29, 0.717) is 30.5 Å². The molecule has 7 nitrogen and oxygen atoms in total. The first kappa shape index (κ1) is 15.3. The predicted octanol–water partition coefficient (Wildman–Crippen LogP) is 0.961. The zero-order valence-electron chi connectivity index (χ0n) is 12.8. The number of amides is 1. The number of nitrogens with zero attached hydrogens (tertiary/aromatic N) is 3. The topological polar surface area (TPSA) is 90.4 Å². The Morgan fingerprint density at radius 1 is 1.43 bits per heavy atom. The summed E-state index contributed by atoms with van der Waals surface area (Å²) in [6.45, 7) is 6.41. The zero-order chi connectivity index (χ0) is 15.6. The molecule has 2 rings (SSSR count). The van der Waals surface area contributed by atoms with Gasteiger partial charge in [-0.25, -0.2) is 4.79 Å². The quantitative estimate of drug-likeness (QED) is 0.789. The van der Waals surface area contributed by atoms with E-state index < -0.39 is 5.97 Å². The van der Waals surface area contributed by atoms with Gasteiger partial charge in [0.2, 0.25) is 0 Å². The van der Waals surface area contributed by atoms with Gasteiger partial charge in [-0.1, -0.05) is 0 Å². The summed E-state index contributed by atoms with van der Waals surface area (Å²) in [5, 5.41) is 4.16. The number of hydrogen-bond acceptors (Lipinski definition) is 5. The van der Waals surface area contributed by atoms with Crippen molar-refractivity contribution < 1.29 is 14.3 Å². The second-order valence-corrected chi connectivity index (χ2v) is 5.15. The molecule has 0 aliphatic heterocycles. The molecule has 1 fully saturated rings. The number of aryl methyl sites for hydroxylation is 2. The van der Waals surface area contributed by atoms with E-state index in [-0.39, 0.29) is 18.2 Å². The van der Waals surface area contributed by atoms with E-state index in [4.69, 9.17) is 10.5 Å². The van der Waals surface area contributed by atoms with Gasteiger partial charge in [0.25, 0.3) is 5.91 Å². The first-order valence-electron chi connectivity index (χ1n) is 7.29. The molecule has 1 saturated carbocycles. The fourth-order valence-electron chi connectivity index (χ4n) is 2.34. The number of nitrogens with two attached hydrogens (primary N) is 1. The van der Waals surface area contributed by atoms with Crippen LogP contribution in [0.3, 0.4) is 0 Å². The van der Waals surface area contributed by atoms with Crippen LogP contribution in [0.1, 0.15) is 42.9 Å². The lowest BCUT2D eigenvalue weighted by atomic mass is 10.3. The molecule has 0 bridgehead atoms. The second kappa shape index (κ2) is 6.15. The van der Waals surface area contributed by atoms with Crippen LogP contribution < -0.4 is 5.73 Å². The highest BCUT2D eigenvalue weighted by Gasteiger charge is 2.32. The zero-order valence-corrected chi connectivity index (χ0v) is 12.8. The predicted molar refractivity (Wildman–Crippen MR) is 77.7 cm³/mol. The molecule has 116 valence electrons. The van der Waals surface area contributed by atoms with Crippen LogP contribution in [0.2, 0.25) is 0 Å². The van der Waals surface area contributed by atoms with Crippen LogP contribution >= 0.6 is 0 Å². The normalized spacial score (nSPS) is 14.0. The lowest BCUT2D eigenvalue weighted by molar-refractivity contribution is -0.134. The Kier molecular flexibility index (Phi) is 4.50. The van der Waals surface area contributed by atoms with Crippen molar-refractivity contribution in [3.05, 3.63) is 11.4 Å². The summed E-state index contributed by atoms with van der Waals surface area (Å²) >= 11 is 0. The first-order chi connectivity index (χ1) is 9.99. The molecule has 0 radical (unpaired) electrons. The SMILES string of the molecule is CCN(C(=O)COC(=O)c1c(N)c(C)nn1CC)C1CC1. The Bertz CT molecular complexity index is 549. The van der Waals surface area contributed by atoms with E-state index in [1.165, 1.54) is 4.68 Å². The second-order valence-electron chi connectivity index (χ2n) is 5.15. The van der Waals surface area contributed by atoms with Gasteiger partial charge < -0.3 is 15.4 Å². The molecule has 1 aromatic rings. The number of carbonyl (C=O) groups excluding carboxylic acids is 2. The van der Waals surface area contributed by atoms with Gasteiger partial charge in [0.05, 0.1) is 11.4 Å². The Labute approximate surface area is 124 Å². The molecular weight excluding hydrogens is 272 g/mol. The van der Waals surface area contributed by atoms with Gasteiger partial charge in [-0.05, 0) is 33.6 Å². The van der Waals surface area contributed by atoms with Crippen LogP contribution in [-0.4, -0.2) is 45.8 Å². The average molecular weight is 294 g/mol. The first-order valence-corrected chi connectivity index (χ1v) is 7.29.